The lowest BCUT2D eigenvalue weighted by Gasteiger charge is -2.25. The Morgan fingerprint density at radius 3 is 2.18 bits per heavy atom. The van der Waals surface area contributed by atoms with Crippen molar-refractivity contribution >= 4 is 6.09 Å². The van der Waals surface area contributed by atoms with E-state index in [0.29, 0.717) is 47.6 Å². The fourth-order valence-electron chi connectivity index (χ4n) is 5.96. The first-order valence-corrected chi connectivity index (χ1v) is 13.9. The van der Waals surface area contributed by atoms with Gasteiger partial charge in [0.15, 0.2) is 0 Å². The van der Waals surface area contributed by atoms with Crippen LogP contribution >= 0.6 is 0 Å². The number of halogens is 7. The van der Waals surface area contributed by atoms with Crippen LogP contribution in [0, 0.1) is 12.7 Å². The summed E-state index contributed by atoms with van der Waals surface area (Å²) in [5.41, 5.74) is 1.50. The Kier molecular flexibility index (Phi) is 8.11. The minimum absolute atomic E-state index is 0.0336. The number of benzene rings is 3. The van der Waals surface area contributed by atoms with Crippen molar-refractivity contribution in [1.82, 2.24) is 4.90 Å². The van der Waals surface area contributed by atoms with Gasteiger partial charge in [-0.2, -0.15) is 26.3 Å². The lowest BCUT2D eigenvalue weighted by atomic mass is 9.86. The second kappa shape index (κ2) is 11.3. The van der Waals surface area contributed by atoms with Gasteiger partial charge in [-0.05, 0) is 83.0 Å². The highest BCUT2D eigenvalue weighted by Crippen LogP contribution is 2.44. The molecule has 5 rings (SSSR count). The van der Waals surface area contributed by atoms with Crippen molar-refractivity contribution in [3.05, 3.63) is 86.7 Å². The molecular formula is C32H30F7NO4. The largest absolute Gasteiger partial charge is 0.496 e. The first-order chi connectivity index (χ1) is 20.5. The van der Waals surface area contributed by atoms with Gasteiger partial charge in [0.25, 0.3) is 0 Å². The average Bonchev–Trinajstić information content (AvgIpc) is 3.52. The van der Waals surface area contributed by atoms with Crippen molar-refractivity contribution in [2.45, 2.75) is 77.9 Å². The zero-order valence-corrected chi connectivity index (χ0v) is 24.5. The number of carbonyl (C=O) groups excluding carboxylic acids is 1. The summed E-state index contributed by atoms with van der Waals surface area (Å²) < 4.78 is 113. The van der Waals surface area contributed by atoms with E-state index in [2.05, 4.69) is 0 Å². The van der Waals surface area contributed by atoms with Gasteiger partial charge >= 0.3 is 18.4 Å². The predicted molar refractivity (Wildman–Crippen MR) is 146 cm³/mol. The van der Waals surface area contributed by atoms with Crippen molar-refractivity contribution in [3.8, 4) is 16.9 Å². The van der Waals surface area contributed by atoms with Gasteiger partial charge in [0.1, 0.15) is 17.7 Å². The number of alkyl halides is 6. The number of fused-ring (bicyclic) bond motifs is 1. The smallest absolute Gasteiger partial charge is 0.416 e. The number of cyclic esters (lactones) is 1. The van der Waals surface area contributed by atoms with Gasteiger partial charge in [-0.25, -0.2) is 9.18 Å². The number of amides is 1. The summed E-state index contributed by atoms with van der Waals surface area (Å²) in [4.78, 5) is 14.4. The molecule has 236 valence electrons. The topological polar surface area (TPSA) is 48.0 Å². The number of hydrogen-bond donors (Lipinski definition) is 0. The number of methoxy groups -OCH3 is 1. The Morgan fingerprint density at radius 2 is 1.61 bits per heavy atom. The van der Waals surface area contributed by atoms with E-state index in [9.17, 15) is 35.5 Å². The average molecular weight is 626 g/mol. The van der Waals surface area contributed by atoms with Crippen molar-refractivity contribution in [2.75, 3.05) is 7.11 Å². The highest BCUT2D eigenvalue weighted by atomic mass is 19.4. The molecule has 0 N–H and O–H groups in total. The van der Waals surface area contributed by atoms with Gasteiger partial charge in [-0.15, -0.1) is 0 Å². The van der Waals surface area contributed by atoms with Crippen molar-refractivity contribution in [2.24, 2.45) is 0 Å². The molecule has 2 aliphatic rings. The maximum absolute atomic E-state index is 14.9. The van der Waals surface area contributed by atoms with Gasteiger partial charge in [-0.1, -0.05) is 19.9 Å². The minimum Gasteiger partial charge on any atom is -0.496 e. The van der Waals surface area contributed by atoms with Crippen molar-refractivity contribution in [3.63, 3.8) is 0 Å². The Morgan fingerprint density at radius 1 is 0.977 bits per heavy atom. The number of ether oxygens (including phenoxy) is 3. The number of carbonyl (C=O) groups is 1. The molecule has 2 atom stereocenters. The van der Waals surface area contributed by atoms with E-state index in [1.54, 1.807) is 6.07 Å². The molecule has 2 aliphatic heterocycles. The lowest BCUT2D eigenvalue weighted by Crippen LogP contribution is -2.32. The van der Waals surface area contributed by atoms with Crippen LogP contribution in [0.3, 0.4) is 0 Å². The molecular weight excluding hydrogens is 595 g/mol. The summed E-state index contributed by atoms with van der Waals surface area (Å²) in [6.45, 7) is 7.63. The molecule has 1 fully saturated rings. The Labute approximate surface area is 249 Å². The number of nitrogens with zero attached hydrogens (tertiary/aromatic N) is 1. The van der Waals surface area contributed by atoms with Crippen LogP contribution < -0.4 is 4.74 Å². The van der Waals surface area contributed by atoms with E-state index in [4.69, 9.17) is 14.2 Å². The Bertz CT molecular complexity index is 1580. The van der Waals surface area contributed by atoms with Crippen LogP contribution in [0.4, 0.5) is 35.5 Å². The summed E-state index contributed by atoms with van der Waals surface area (Å²) in [6, 6.07) is 5.09. The maximum atomic E-state index is 14.9. The van der Waals surface area contributed by atoms with Crippen molar-refractivity contribution < 1.29 is 49.7 Å². The molecule has 0 unspecified atom stereocenters. The van der Waals surface area contributed by atoms with E-state index < -0.39 is 53.1 Å². The normalized spacial score (nSPS) is 18.7. The molecule has 0 spiro atoms. The summed E-state index contributed by atoms with van der Waals surface area (Å²) >= 11 is 0. The van der Waals surface area contributed by atoms with Crippen LogP contribution in [0.2, 0.25) is 0 Å². The highest BCUT2D eigenvalue weighted by molar-refractivity contribution is 5.80. The van der Waals surface area contributed by atoms with Crippen molar-refractivity contribution in [1.29, 1.82) is 0 Å². The van der Waals surface area contributed by atoms with E-state index in [1.165, 1.54) is 25.0 Å². The molecule has 0 radical (unpaired) electrons. The molecule has 3 aromatic carbocycles. The maximum Gasteiger partial charge on any atom is 0.416 e. The van der Waals surface area contributed by atoms with Crippen LogP contribution in [0.25, 0.3) is 11.1 Å². The van der Waals surface area contributed by atoms with Gasteiger partial charge < -0.3 is 14.2 Å². The molecule has 12 heteroatoms. The molecule has 1 amide bonds. The van der Waals surface area contributed by atoms with Crippen LogP contribution in [-0.4, -0.2) is 24.1 Å². The van der Waals surface area contributed by atoms with E-state index in [1.807, 2.05) is 26.8 Å². The molecule has 3 aromatic rings. The van der Waals surface area contributed by atoms with E-state index in [0.717, 1.165) is 16.7 Å². The van der Waals surface area contributed by atoms with Gasteiger partial charge in [0, 0.05) is 11.6 Å². The minimum atomic E-state index is -5.05. The Balaban J connectivity index is 1.60. The van der Waals surface area contributed by atoms with Crippen LogP contribution in [0.1, 0.15) is 77.3 Å². The van der Waals surface area contributed by atoms with Crippen LogP contribution in [0.15, 0.2) is 36.4 Å². The lowest BCUT2D eigenvalue weighted by molar-refractivity contribution is -0.143. The first kappa shape index (κ1) is 31.6. The van der Waals surface area contributed by atoms with E-state index in [-0.39, 0.29) is 24.3 Å². The molecule has 0 bridgehead atoms. The Hall–Kier alpha value is -3.80. The molecule has 0 aliphatic carbocycles. The standard InChI is InChI=1S/C32H30F7NO4/c1-15(2)23-10-24(27(42-5)11-26(23)33)28-16(3)25-14-43-13-20(25)6-19(28)12-40-17(4)29(44-30(40)41)18-7-21(31(34,35)36)9-22(8-18)32(37,38)39/h6-11,15,17,29H,12-14H2,1-5H3/t17-,29-/m0/s1. The SMILES string of the molecule is COc1cc(F)c(C(C)C)cc1-c1c(CN2C(=O)O[C@H](c3cc(C(F)(F)F)cc(C(F)(F)F)c3)[C@@H]2C)cc2c(c1C)COC2. The zero-order chi connectivity index (χ0) is 32.3. The molecule has 1 saturated heterocycles. The summed E-state index contributed by atoms with van der Waals surface area (Å²) in [5, 5.41) is 0. The molecule has 0 saturated carbocycles. The zero-order valence-electron chi connectivity index (χ0n) is 24.5. The van der Waals surface area contributed by atoms with E-state index >= 15 is 0 Å². The fraction of sp³-hybridized carbons (Fsp3) is 0.406. The molecule has 5 nitrogen and oxygen atoms in total. The third-order valence-corrected chi connectivity index (χ3v) is 8.27. The summed E-state index contributed by atoms with van der Waals surface area (Å²) in [5.74, 6) is -0.346. The van der Waals surface area contributed by atoms with Crippen LogP contribution in [0.5, 0.6) is 5.75 Å². The van der Waals surface area contributed by atoms with Gasteiger partial charge in [0.2, 0.25) is 0 Å². The first-order valence-electron chi connectivity index (χ1n) is 13.9. The summed E-state index contributed by atoms with van der Waals surface area (Å²) in [7, 11) is 1.41. The van der Waals surface area contributed by atoms with Gasteiger partial charge in [0.05, 0.1) is 44.0 Å². The fourth-order valence-corrected chi connectivity index (χ4v) is 5.96. The third-order valence-electron chi connectivity index (χ3n) is 8.27. The van der Waals surface area contributed by atoms with Gasteiger partial charge in [-0.3, -0.25) is 4.90 Å². The molecule has 2 heterocycles. The second-order valence-corrected chi connectivity index (χ2v) is 11.4. The molecule has 0 aromatic heterocycles. The number of hydrogen-bond acceptors (Lipinski definition) is 4. The third kappa shape index (κ3) is 5.71. The summed E-state index contributed by atoms with van der Waals surface area (Å²) in [6.07, 6.45) is -12.4. The highest BCUT2D eigenvalue weighted by Gasteiger charge is 2.43. The second-order valence-electron chi connectivity index (χ2n) is 11.4. The monoisotopic (exact) mass is 625 g/mol. The molecule has 44 heavy (non-hydrogen) atoms. The number of rotatable bonds is 6. The predicted octanol–water partition coefficient (Wildman–Crippen LogP) is 9.08. The quantitative estimate of drug-likeness (QED) is 0.257. The van der Waals surface area contributed by atoms with Crippen LogP contribution in [-0.2, 0) is 41.6 Å².